The number of hydrogen-bond acceptors (Lipinski definition) is 3. The highest BCUT2D eigenvalue weighted by atomic mass is 79.9. The SMILES string of the molecule is CCOC(=O)c1ccc(-n2c(C)cc(C=Nc3ccc(Br)cc3)c2C)cc1. The van der Waals surface area contributed by atoms with Crippen LogP contribution >= 0.6 is 15.9 Å². The third-order valence-electron chi connectivity index (χ3n) is 4.29. The quantitative estimate of drug-likeness (QED) is 0.384. The highest BCUT2D eigenvalue weighted by Crippen LogP contribution is 2.22. The lowest BCUT2D eigenvalue weighted by molar-refractivity contribution is 0.0526. The van der Waals surface area contributed by atoms with E-state index in [0.29, 0.717) is 12.2 Å². The van der Waals surface area contributed by atoms with Crippen LogP contribution in [-0.2, 0) is 4.74 Å². The highest BCUT2D eigenvalue weighted by molar-refractivity contribution is 9.10. The number of aryl methyl sites for hydroxylation is 1. The van der Waals surface area contributed by atoms with Gasteiger partial charge >= 0.3 is 5.97 Å². The summed E-state index contributed by atoms with van der Waals surface area (Å²) in [6, 6.07) is 17.4. The Morgan fingerprint density at radius 2 is 1.78 bits per heavy atom. The molecule has 0 amide bonds. The van der Waals surface area contributed by atoms with Gasteiger partial charge in [-0.25, -0.2) is 4.79 Å². The average Bonchev–Trinajstić information content (AvgIpc) is 2.95. The standard InChI is InChI=1S/C22H21BrN2O2/c1-4-27-22(26)17-5-11-21(12-6-17)25-15(2)13-18(16(25)3)14-24-20-9-7-19(23)8-10-20/h5-14H,4H2,1-3H3. The summed E-state index contributed by atoms with van der Waals surface area (Å²) in [6.07, 6.45) is 1.88. The van der Waals surface area contributed by atoms with E-state index in [0.717, 1.165) is 32.8 Å². The summed E-state index contributed by atoms with van der Waals surface area (Å²) in [5.74, 6) is -0.299. The molecule has 2 aromatic carbocycles. The Kier molecular flexibility index (Phi) is 5.91. The molecule has 0 unspecified atom stereocenters. The number of esters is 1. The van der Waals surface area contributed by atoms with E-state index in [9.17, 15) is 4.79 Å². The molecule has 0 N–H and O–H groups in total. The predicted octanol–water partition coefficient (Wildman–Crippen LogP) is 5.78. The van der Waals surface area contributed by atoms with Crippen LogP contribution < -0.4 is 0 Å². The number of carbonyl (C=O) groups excluding carboxylic acids is 1. The van der Waals surface area contributed by atoms with E-state index in [1.807, 2.05) is 42.6 Å². The molecule has 0 bridgehead atoms. The van der Waals surface area contributed by atoms with Crippen molar-refractivity contribution in [2.45, 2.75) is 20.8 Å². The second-order valence-corrected chi connectivity index (χ2v) is 7.08. The first-order chi connectivity index (χ1) is 13.0. The Bertz CT molecular complexity index is 971. The van der Waals surface area contributed by atoms with E-state index in [4.69, 9.17) is 4.74 Å². The van der Waals surface area contributed by atoms with Crippen LogP contribution in [0.4, 0.5) is 5.69 Å². The molecule has 0 aliphatic heterocycles. The molecular weight excluding hydrogens is 404 g/mol. The molecule has 0 saturated carbocycles. The van der Waals surface area contributed by atoms with Gasteiger partial charge in [0.1, 0.15) is 0 Å². The minimum atomic E-state index is -0.299. The Balaban J connectivity index is 1.87. The van der Waals surface area contributed by atoms with Gasteiger partial charge in [-0.15, -0.1) is 0 Å². The molecule has 0 aliphatic carbocycles. The van der Waals surface area contributed by atoms with Gasteiger partial charge in [0.15, 0.2) is 0 Å². The van der Waals surface area contributed by atoms with Crippen molar-refractivity contribution in [1.82, 2.24) is 4.57 Å². The average molecular weight is 425 g/mol. The second kappa shape index (κ2) is 8.35. The smallest absolute Gasteiger partial charge is 0.338 e. The van der Waals surface area contributed by atoms with E-state index in [1.165, 1.54) is 0 Å². The van der Waals surface area contributed by atoms with Gasteiger partial charge in [0, 0.05) is 33.3 Å². The number of rotatable bonds is 5. The van der Waals surface area contributed by atoms with Crippen molar-refractivity contribution in [2.24, 2.45) is 4.99 Å². The maximum absolute atomic E-state index is 11.8. The fourth-order valence-electron chi connectivity index (χ4n) is 2.95. The molecule has 4 nitrogen and oxygen atoms in total. The molecular formula is C22H21BrN2O2. The number of aromatic nitrogens is 1. The second-order valence-electron chi connectivity index (χ2n) is 6.16. The lowest BCUT2D eigenvalue weighted by Crippen LogP contribution is -2.05. The van der Waals surface area contributed by atoms with Crippen molar-refractivity contribution in [3.8, 4) is 5.69 Å². The number of aliphatic imine (C=N–C) groups is 1. The number of nitrogens with zero attached hydrogens (tertiary/aromatic N) is 2. The molecule has 1 heterocycles. The van der Waals surface area contributed by atoms with Gasteiger partial charge in [-0.2, -0.15) is 0 Å². The van der Waals surface area contributed by atoms with Gasteiger partial charge < -0.3 is 9.30 Å². The molecule has 0 atom stereocenters. The Hall–Kier alpha value is -2.66. The van der Waals surface area contributed by atoms with Gasteiger partial charge in [0.2, 0.25) is 0 Å². The molecule has 138 valence electrons. The Morgan fingerprint density at radius 3 is 2.41 bits per heavy atom. The molecule has 0 saturated heterocycles. The summed E-state index contributed by atoms with van der Waals surface area (Å²) in [7, 11) is 0. The van der Waals surface area contributed by atoms with Crippen LogP contribution in [0.2, 0.25) is 0 Å². The maximum Gasteiger partial charge on any atom is 0.338 e. The molecule has 27 heavy (non-hydrogen) atoms. The van der Waals surface area contributed by atoms with E-state index < -0.39 is 0 Å². The molecule has 3 rings (SSSR count). The zero-order valence-corrected chi connectivity index (χ0v) is 17.2. The van der Waals surface area contributed by atoms with E-state index in [2.05, 4.69) is 45.4 Å². The van der Waals surface area contributed by atoms with Crippen molar-refractivity contribution < 1.29 is 9.53 Å². The van der Waals surface area contributed by atoms with Crippen LogP contribution in [0.3, 0.4) is 0 Å². The molecule has 0 fully saturated rings. The maximum atomic E-state index is 11.8. The van der Waals surface area contributed by atoms with Gasteiger partial charge in [-0.05, 0) is 75.4 Å². The van der Waals surface area contributed by atoms with Crippen molar-refractivity contribution in [3.63, 3.8) is 0 Å². The molecule has 1 aromatic heterocycles. The lowest BCUT2D eigenvalue weighted by Gasteiger charge is -2.10. The zero-order valence-electron chi connectivity index (χ0n) is 15.6. The number of carbonyl (C=O) groups is 1. The fourth-order valence-corrected chi connectivity index (χ4v) is 3.21. The largest absolute Gasteiger partial charge is 0.462 e. The van der Waals surface area contributed by atoms with E-state index in [-0.39, 0.29) is 5.97 Å². The number of halogens is 1. The predicted molar refractivity (Wildman–Crippen MR) is 113 cm³/mol. The Morgan fingerprint density at radius 1 is 1.11 bits per heavy atom. The first kappa shape index (κ1) is 19.1. The van der Waals surface area contributed by atoms with Crippen molar-refractivity contribution >= 4 is 33.8 Å². The fraction of sp³-hybridized carbons (Fsp3) is 0.182. The number of ether oxygens (including phenoxy) is 1. The monoisotopic (exact) mass is 424 g/mol. The van der Waals surface area contributed by atoms with Crippen LogP contribution in [0.5, 0.6) is 0 Å². The first-order valence-corrected chi connectivity index (χ1v) is 9.55. The van der Waals surface area contributed by atoms with Crippen molar-refractivity contribution in [3.05, 3.63) is 81.6 Å². The van der Waals surface area contributed by atoms with E-state index in [1.54, 1.807) is 19.1 Å². The summed E-state index contributed by atoms with van der Waals surface area (Å²) < 4.78 is 8.22. The van der Waals surface area contributed by atoms with Crippen LogP contribution in [0, 0.1) is 13.8 Å². The normalized spacial score (nSPS) is 11.1. The summed E-state index contributed by atoms with van der Waals surface area (Å²) in [5.41, 5.74) is 5.72. The van der Waals surface area contributed by atoms with Crippen LogP contribution in [0.15, 0.2) is 64.1 Å². The summed E-state index contributed by atoms with van der Waals surface area (Å²) in [4.78, 5) is 16.4. The third-order valence-corrected chi connectivity index (χ3v) is 4.81. The molecule has 0 aliphatic rings. The number of hydrogen-bond donors (Lipinski definition) is 0. The summed E-state index contributed by atoms with van der Waals surface area (Å²) >= 11 is 3.43. The minimum Gasteiger partial charge on any atom is -0.462 e. The van der Waals surface area contributed by atoms with Gasteiger partial charge in [-0.3, -0.25) is 4.99 Å². The van der Waals surface area contributed by atoms with Crippen LogP contribution in [0.25, 0.3) is 5.69 Å². The summed E-state index contributed by atoms with van der Waals surface area (Å²) in [5, 5.41) is 0. The topological polar surface area (TPSA) is 43.6 Å². The van der Waals surface area contributed by atoms with Crippen molar-refractivity contribution in [1.29, 1.82) is 0 Å². The molecule has 3 aromatic rings. The molecule has 5 heteroatoms. The lowest BCUT2D eigenvalue weighted by atomic mass is 10.2. The van der Waals surface area contributed by atoms with Gasteiger partial charge in [0.05, 0.1) is 17.9 Å². The first-order valence-electron chi connectivity index (χ1n) is 8.75. The number of benzene rings is 2. The Labute approximate surface area is 167 Å². The van der Waals surface area contributed by atoms with Crippen LogP contribution in [-0.4, -0.2) is 23.4 Å². The zero-order chi connectivity index (χ0) is 19.4. The minimum absolute atomic E-state index is 0.299. The van der Waals surface area contributed by atoms with E-state index >= 15 is 0 Å². The van der Waals surface area contributed by atoms with Crippen molar-refractivity contribution in [2.75, 3.05) is 6.61 Å². The van der Waals surface area contributed by atoms with Gasteiger partial charge in [-0.1, -0.05) is 15.9 Å². The highest BCUT2D eigenvalue weighted by Gasteiger charge is 2.11. The molecule has 0 radical (unpaired) electrons. The van der Waals surface area contributed by atoms with Gasteiger partial charge in [0.25, 0.3) is 0 Å². The summed E-state index contributed by atoms with van der Waals surface area (Å²) in [6.45, 7) is 6.30. The van der Waals surface area contributed by atoms with Crippen LogP contribution in [0.1, 0.15) is 34.2 Å². The molecule has 0 spiro atoms. The third kappa shape index (κ3) is 4.37.